The van der Waals surface area contributed by atoms with Crippen LogP contribution < -0.4 is 5.32 Å². The Kier molecular flexibility index (Phi) is 4.09. The lowest BCUT2D eigenvalue weighted by Gasteiger charge is -2.30. The van der Waals surface area contributed by atoms with Gasteiger partial charge in [-0.3, -0.25) is 4.79 Å². The van der Waals surface area contributed by atoms with Crippen LogP contribution in [0.1, 0.15) is 22.6 Å². The Labute approximate surface area is 144 Å². The summed E-state index contributed by atoms with van der Waals surface area (Å²) in [6.07, 6.45) is 4.11. The quantitative estimate of drug-likeness (QED) is 0.926. The van der Waals surface area contributed by atoms with Crippen LogP contribution in [0.2, 0.25) is 5.02 Å². The van der Waals surface area contributed by atoms with Gasteiger partial charge in [-0.05, 0) is 43.0 Å². The Morgan fingerprint density at radius 3 is 3.13 bits per heavy atom. The first-order valence-electron chi connectivity index (χ1n) is 7.92. The van der Waals surface area contributed by atoms with Crippen molar-refractivity contribution in [2.24, 2.45) is 5.92 Å². The molecule has 1 aromatic carbocycles. The van der Waals surface area contributed by atoms with Gasteiger partial charge in [0, 0.05) is 30.4 Å². The number of nitrogens with zero attached hydrogens (tertiary/aromatic N) is 2. The van der Waals surface area contributed by atoms with Crippen molar-refractivity contribution in [2.45, 2.75) is 18.9 Å². The van der Waals surface area contributed by atoms with Gasteiger partial charge in [0.25, 0.3) is 5.91 Å². The van der Waals surface area contributed by atoms with Gasteiger partial charge in [-0.15, -0.1) is 11.3 Å². The van der Waals surface area contributed by atoms with E-state index in [0.717, 1.165) is 29.3 Å². The van der Waals surface area contributed by atoms with E-state index in [0.29, 0.717) is 10.0 Å². The van der Waals surface area contributed by atoms with E-state index in [2.05, 4.69) is 15.2 Å². The summed E-state index contributed by atoms with van der Waals surface area (Å²) >= 11 is 7.44. The number of aromatic nitrogens is 1. The molecule has 2 aliphatic rings. The molecular weight excluding hydrogens is 330 g/mol. The van der Waals surface area contributed by atoms with Crippen LogP contribution in [0.15, 0.2) is 30.5 Å². The predicted octanol–water partition coefficient (Wildman–Crippen LogP) is 3.29. The van der Waals surface area contributed by atoms with Crippen LogP contribution in [0, 0.1) is 5.92 Å². The molecule has 2 saturated heterocycles. The standard InChI is InChI=1S/C17H18ClN3OS/c18-13-3-1-2-12(7-13)15-8-19-17(23-15)16(22)20-14-6-11-4-5-21(9-11)10-14/h1-3,7-8,11,14H,4-6,9-10H2,(H,20,22). The lowest BCUT2D eigenvalue weighted by atomic mass is 9.97. The summed E-state index contributed by atoms with van der Waals surface area (Å²) in [6.45, 7) is 3.34. The first kappa shape index (κ1) is 15.1. The molecule has 4 rings (SSSR count). The number of hydrogen-bond acceptors (Lipinski definition) is 4. The van der Waals surface area contributed by atoms with Crippen molar-refractivity contribution in [3.05, 3.63) is 40.5 Å². The minimum absolute atomic E-state index is 0.0595. The third-order valence-corrected chi connectivity index (χ3v) is 5.89. The van der Waals surface area contributed by atoms with Crippen molar-refractivity contribution in [3.8, 4) is 10.4 Å². The van der Waals surface area contributed by atoms with Gasteiger partial charge in [0.2, 0.25) is 0 Å². The van der Waals surface area contributed by atoms with Gasteiger partial charge in [0.1, 0.15) is 0 Å². The van der Waals surface area contributed by atoms with Crippen molar-refractivity contribution in [3.63, 3.8) is 0 Å². The topological polar surface area (TPSA) is 45.2 Å². The number of piperidine rings is 1. The normalized spacial score (nSPS) is 26.2. The predicted molar refractivity (Wildman–Crippen MR) is 93.0 cm³/mol. The van der Waals surface area contributed by atoms with Crippen LogP contribution in [-0.4, -0.2) is 41.5 Å². The molecule has 2 aliphatic heterocycles. The summed E-state index contributed by atoms with van der Waals surface area (Å²) in [5.41, 5.74) is 0.996. The molecule has 2 aromatic rings. The molecule has 6 heteroatoms. The Balaban J connectivity index is 1.45. The first-order valence-corrected chi connectivity index (χ1v) is 9.12. The zero-order valence-corrected chi connectivity index (χ0v) is 14.2. The van der Waals surface area contributed by atoms with Crippen molar-refractivity contribution >= 4 is 28.8 Å². The van der Waals surface area contributed by atoms with Gasteiger partial charge in [-0.2, -0.15) is 0 Å². The molecule has 3 atom stereocenters. The summed E-state index contributed by atoms with van der Waals surface area (Å²) in [5.74, 6) is 0.683. The molecule has 3 unspecified atom stereocenters. The Morgan fingerprint density at radius 1 is 1.39 bits per heavy atom. The maximum atomic E-state index is 12.5. The molecule has 2 fully saturated rings. The number of carbonyl (C=O) groups is 1. The minimum Gasteiger partial charge on any atom is -0.346 e. The monoisotopic (exact) mass is 347 g/mol. The molecular formula is C17H18ClN3OS. The number of carbonyl (C=O) groups excluding carboxylic acids is 1. The molecule has 1 amide bonds. The Bertz CT molecular complexity index is 720. The SMILES string of the molecule is O=C(NC1CC2CCN(C2)C1)c1ncc(-c2cccc(Cl)c2)s1. The smallest absolute Gasteiger partial charge is 0.280 e. The fourth-order valence-electron chi connectivity index (χ4n) is 3.57. The highest BCUT2D eigenvalue weighted by Crippen LogP contribution is 2.29. The summed E-state index contributed by atoms with van der Waals surface area (Å²) in [7, 11) is 0. The summed E-state index contributed by atoms with van der Waals surface area (Å²) < 4.78 is 0. The first-order chi connectivity index (χ1) is 11.2. The largest absolute Gasteiger partial charge is 0.346 e. The third-order valence-electron chi connectivity index (χ3n) is 4.61. The van der Waals surface area contributed by atoms with E-state index in [9.17, 15) is 4.79 Å². The molecule has 120 valence electrons. The highest BCUT2D eigenvalue weighted by atomic mass is 35.5. The lowest BCUT2D eigenvalue weighted by Crippen LogP contribution is -2.46. The van der Waals surface area contributed by atoms with Gasteiger partial charge in [0.15, 0.2) is 5.01 Å². The highest BCUT2D eigenvalue weighted by Gasteiger charge is 2.33. The fraction of sp³-hybridized carbons (Fsp3) is 0.412. The molecule has 1 aromatic heterocycles. The zero-order chi connectivity index (χ0) is 15.8. The van der Waals surface area contributed by atoms with Crippen LogP contribution in [0.5, 0.6) is 0 Å². The molecule has 0 spiro atoms. The maximum Gasteiger partial charge on any atom is 0.280 e. The number of nitrogens with one attached hydrogen (secondary N) is 1. The Hall–Kier alpha value is -1.43. The van der Waals surface area contributed by atoms with Gasteiger partial charge < -0.3 is 10.2 Å². The van der Waals surface area contributed by atoms with Gasteiger partial charge in [0.05, 0.1) is 4.88 Å². The average molecular weight is 348 g/mol. The van der Waals surface area contributed by atoms with E-state index in [4.69, 9.17) is 11.6 Å². The molecule has 2 bridgehead atoms. The summed E-state index contributed by atoms with van der Waals surface area (Å²) in [5, 5.41) is 4.36. The summed E-state index contributed by atoms with van der Waals surface area (Å²) in [4.78, 5) is 20.1. The Morgan fingerprint density at radius 2 is 2.30 bits per heavy atom. The van der Waals surface area contributed by atoms with E-state index < -0.39 is 0 Å². The number of fused-ring (bicyclic) bond motifs is 2. The second kappa shape index (κ2) is 6.23. The van der Waals surface area contributed by atoms with Crippen LogP contribution in [0.25, 0.3) is 10.4 Å². The molecule has 0 radical (unpaired) electrons. The highest BCUT2D eigenvalue weighted by molar-refractivity contribution is 7.17. The molecule has 23 heavy (non-hydrogen) atoms. The number of rotatable bonds is 3. The minimum atomic E-state index is -0.0595. The number of halogens is 1. The van der Waals surface area contributed by atoms with Crippen molar-refractivity contribution in [2.75, 3.05) is 19.6 Å². The molecule has 4 nitrogen and oxygen atoms in total. The van der Waals surface area contributed by atoms with Gasteiger partial charge in [-0.25, -0.2) is 4.98 Å². The van der Waals surface area contributed by atoms with Gasteiger partial charge in [-0.1, -0.05) is 23.7 Å². The fourth-order valence-corrected chi connectivity index (χ4v) is 4.57. The zero-order valence-electron chi connectivity index (χ0n) is 12.7. The average Bonchev–Trinajstić information content (AvgIpc) is 3.14. The number of benzene rings is 1. The number of hydrogen-bond donors (Lipinski definition) is 1. The van der Waals surface area contributed by atoms with E-state index in [1.165, 1.54) is 30.8 Å². The molecule has 3 heterocycles. The molecule has 0 saturated carbocycles. The number of thiazole rings is 1. The second-order valence-electron chi connectivity index (χ2n) is 6.36. The van der Waals surface area contributed by atoms with Crippen molar-refractivity contribution in [1.82, 2.24) is 15.2 Å². The lowest BCUT2D eigenvalue weighted by molar-refractivity contribution is 0.0909. The maximum absolute atomic E-state index is 12.5. The number of amides is 1. The van der Waals surface area contributed by atoms with Crippen LogP contribution in [-0.2, 0) is 0 Å². The van der Waals surface area contributed by atoms with Crippen molar-refractivity contribution < 1.29 is 4.79 Å². The van der Waals surface area contributed by atoms with E-state index >= 15 is 0 Å². The van der Waals surface area contributed by atoms with Crippen molar-refractivity contribution in [1.29, 1.82) is 0 Å². The summed E-state index contributed by atoms with van der Waals surface area (Å²) in [6, 6.07) is 7.87. The second-order valence-corrected chi connectivity index (χ2v) is 7.83. The van der Waals surface area contributed by atoms with E-state index in [1.54, 1.807) is 6.20 Å². The van der Waals surface area contributed by atoms with E-state index in [1.807, 2.05) is 24.3 Å². The third kappa shape index (κ3) is 3.27. The van der Waals surface area contributed by atoms with Gasteiger partial charge >= 0.3 is 0 Å². The van der Waals surface area contributed by atoms with Crippen LogP contribution in [0.3, 0.4) is 0 Å². The molecule has 0 aliphatic carbocycles. The van der Waals surface area contributed by atoms with Crippen LogP contribution >= 0.6 is 22.9 Å². The van der Waals surface area contributed by atoms with E-state index in [-0.39, 0.29) is 11.9 Å². The van der Waals surface area contributed by atoms with Crippen LogP contribution in [0.4, 0.5) is 0 Å². The molecule has 1 N–H and O–H groups in total.